The zero-order chi connectivity index (χ0) is 11.6. The number of carboxylic acid groups (broad SMARTS) is 1. The zero-order valence-electron chi connectivity index (χ0n) is 7.72. The Morgan fingerprint density at radius 2 is 2.20 bits per heavy atom. The summed E-state index contributed by atoms with van der Waals surface area (Å²) >= 11 is 0. The number of nitriles is 1. The minimum atomic E-state index is -1.22. The van der Waals surface area contributed by atoms with Crippen molar-refractivity contribution in [3.63, 3.8) is 0 Å². The van der Waals surface area contributed by atoms with Crippen molar-refractivity contribution in [3.8, 4) is 6.07 Å². The highest BCUT2D eigenvalue weighted by atomic mass is 16.6. The molecular weight excluding hydrogens is 200 g/mol. The zero-order valence-corrected chi connectivity index (χ0v) is 7.72. The van der Waals surface area contributed by atoms with Crippen LogP contribution in [0.4, 0.5) is 5.69 Å². The third kappa shape index (κ3) is 1.91. The molecule has 0 aliphatic heterocycles. The number of hydrogen-bond acceptors (Lipinski definition) is 4. The van der Waals surface area contributed by atoms with Gasteiger partial charge >= 0.3 is 5.97 Å². The molecule has 0 saturated heterocycles. The van der Waals surface area contributed by atoms with Gasteiger partial charge in [0.15, 0.2) is 0 Å². The molecule has 0 aliphatic rings. The van der Waals surface area contributed by atoms with Crippen LogP contribution in [0.25, 0.3) is 0 Å². The van der Waals surface area contributed by atoms with E-state index in [4.69, 9.17) is 10.4 Å². The van der Waals surface area contributed by atoms with Gasteiger partial charge in [-0.3, -0.25) is 10.1 Å². The molecule has 6 heteroatoms. The summed E-state index contributed by atoms with van der Waals surface area (Å²) in [5, 5.41) is 27.9. The van der Waals surface area contributed by atoms with Gasteiger partial charge in [-0.1, -0.05) is 0 Å². The standard InChI is InChI=1S/C9H6N2O4/c1-5-2-6(9(12)13)3-7(4-10)8(5)11(14)15/h2-3H,1H3,(H,12,13). The lowest BCUT2D eigenvalue weighted by molar-refractivity contribution is -0.385. The van der Waals surface area contributed by atoms with Crippen LogP contribution in [0, 0.1) is 28.4 Å². The molecule has 0 amide bonds. The molecule has 0 saturated carbocycles. The highest BCUT2D eigenvalue weighted by molar-refractivity contribution is 5.89. The van der Waals surface area contributed by atoms with E-state index in [2.05, 4.69) is 0 Å². The fraction of sp³-hybridized carbons (Fsp3) is 0.111. The van der Waals surface area contributed by atoms with Gasteiger partial charge in [-0.25, -0.2) is 4.79 Å². The lowest BCUT2D eigenvalue weighted by atomic mass is 10.0. The average molecular weight is 206 g/mol. The normalized spacial score (nSPS) is 9.33. The number of nitrogens with zero attached hydrogens (tertiary/aromatic N) is 2. The number of benzene rings is 1. The van der Waals surface area contributed by atoms with Crippen LogP contribution in [0.3, 0.4) is 0 Å². The Labute approximate surface area is 84.5 Å². The Morgan fingerprint density at radius 3 is 2.60 bits per heavy atom. The summed E-state index contributed by atoms with van der Waals surface area (Å²) in [6.45, 7) is 1.39. The summed E-state index contributed by atoms with van der Waals surface area (Å²) in [6.07, 6.45) is 0. The number of aryl methyl sites for hydroxylation is 1. The summed E-state index contributed by atoms with van der Waals surface area (Å²) in [4.78, 5) is 20.5. The molecule has 76 valence electrons. The molecule has 0 bridgehead atoms. The minimum absolute atomic E-state index is 0.130. The molecule has 0 radical (unpaired) electrons. The second-order valence-corrected chi connectivity index (χ2v) is 2.86. The lowest BCUT2D eigenvalue weighted by Gasteiger charge is -2.01. The molecule has 1 N–H and O–H groups in total. The molecule has 1 aromatic carbocycles. The van der Waals surface area contributed by atoms with Crippen LogP contribution in [0.2, 0.25) is 0 Å². The van der Waals surface area contributed by atoms with Crippen molar-refractivity contribution in [1.29, 1.82) is 5.26 Å². The Morgan fingerprint density at radius 1 is 1.60 bits per heavy atom. The number of nitro benzene ring substituents is 1. The van der Waals surface area contributed by atoms with Crippen LogP contribution in [-0.4, -0.2) is 16.0 Å². The predicted molar refractivity (Wildman–Crippen MR) is 49.5 cm³/mol. The van der Waals surface area contributed by atoms with Crippen LogP contribution < -0.4 is 0 Å². The smallest absolute Gasteiger partial charge is 0.335 e. The first-order valence-electron chi connectivity index (χ1n) is 3.89. The van der Waals surface area contributed by atoms with Gasteiger partial charge in [0, 0.05) is 5.56 Å². The number of aromatic carboxylic acids is 1. The largest absolute Gasteiger partial charge is 0.478 e. The average Bonchev–Trinajstić information content (AvgIpc) is 2.15. The Bertz CT molecular complexity index is 488. The van der Waals surface area contributed by atoms with Gasteiger partial charge in [-0.2, -0.15) is 5.26 Å². The van der Waals surface area contributed by atoms with E-state index in [9.17, 15) is 14.9 Å². The van der Waals surface area contributed by atoms with Crippen molar-refractivity contribution < 1.29 is 14.8 Å². The number of rotatable bonds is 2. The molecule has 0 atom stereocenters. The van der Waals surface area contributed by atoms with E-state index in [0.717, 1.165) is 6.07 Å². The summed E-state index contributed by atoms with van der Waals surface area (Å²) in [6, 6.07) is 3.77. The number of carboxylic acids is 1. The van der Waals surface area contributed by atoms with Gasteiger partial charge in [0.2, 0.25) is 0 Å². The maximum absolute atomic E-state index is 10.6. The first-order valence-corrected chi connectivity index (χ1v) is 3.89. The summed E-state index contributed by atoms with van der Waals surface area (Å²) in [7, 11) is 0. The number of hydrogen-bond donors (Lipinski definition) is 1. The van der Waals surface area contributed by atoms with E-state index in [0.29, 0.717) is 0 Å². The van der Waals surface area contributed by atoms with Crippen molar-refractivity contribution in [2.75, 3.05) is 0 Å². The quantitative estimate of drug-likeness (QED) is 0.582. The first kappa shape index (κ1) is 10.7. The molecule has 0 aliphatic carbocycles. The highest BCUT2D eigenvalue weighted by Crippen LogP contribution is 2.24. The molecule has 0 fully saturated rings. The van der Waals surface area contributed by atoms with E-state index in [1.807, 2.05) is 0 Å². The van der Waals surface area contributed by atoms with Gasteiger partial charge in [-0.15, -0.1) is 0 Å². The molecule has 1 rings (SSSR count). The van der Waals surface area contributed by atoms with Gasteiger partial charge in [0.1, 0.15) is 11.6 Å². The van der Waals surface area contributed by atoms with Crippen molar-refractivity contribution >= 4 is 11.7 Å². The second kappa shape index (κ2) is 3.75. The third-order valence-electron chi connectivity index (χ3n) is 1.85. The van der Waals surface area contributed by atoms with Gasteiger partial charge < -0.3 is 5.11 Å². The Kier molecular flexibility index (Phi) is 2.67. The fourth-order valence-electron chi connectivity index (χ4n) is 1.23. The van der Waals surface area contributed by atoms with Crippen molar-refractivity contribution in [1.82, 2.24) is 0 Å². The van der Waals surface area contributed by atoms with Crippen LogP contribution in [0.1, 0.15) is 21.5 Å². The fourth-order valence-corrected chi connectivity index (χ4v) is 1.23. The molecule has 6 nitrogen and oxygen atoms in total. The van der Waals surface area contributed by atoms with Gasteiger partial charge in [0.05, 0.1) is 10.5 Å². The van der Waals surface area contributed by atoms with E-state index in [-0.39, 0.29) is 22.4 Å². The Hall–Kier alpha value is -2.42. The molecule has 0 aromatic heterocycles. The van der Waals surface area contributed by atoms with Gasteiger partial charge in [0.25, 0.3) is 5.69 Å². The second-order valence-electron chi connectivity index (χ2n) is 2.86. The van der Waals surface area contributed by atoms with E-state index < -0.39 is 10.9 Å². The first-order chi connectivity index (χ1) is 6.97. The number of carbonyl (C=O) groups is 1. The Balaban J connectivity index is 3.53. The molecule has 0 unspecified atom stereocenters. The summed E-state index contributed by atoms with van der Waals surface area (Å²) < 4.78 is 0. The lowest BCUT2D eigenvalue weighted by Crippen LogP contribution is -2.02. The van der Waals surface area contributed by atoms with Crippen LogP contribution in [0.15, 0.2) is 12.1 Å². The monoisotopic (exact) mass is 206 g/mol. The van der Waals surface area contributed by atoms with Gasteiger partial charge in [-0.05, 0) is 19.1 Å². The third-order valence-corrected chi connectivity index (χ3v) is 1.85. The van der Waals surface area contributed by atoms with E-state index in [1.165, 1.54) is 13.0 Å². The molecular formula is C9H6N2O4. The summed E-state index contributed by atoms with van der Waals surface area (Å²) in [5.41, 5.74) is -0.550. The number of nitro groups is 1. The van der Waals surface area contributed by atoms with Crippen molar-refractivity contribution in [2.24, 2.45) is 0 Å². The molecule has 1 aromatic rings. The van der Waals surface area contributed by atoms with Crippen molar-refractivity contribution in [3.05, 3.63) is 38.9 Å². The molecule has 0 heterocycles. The highest BCUT2D eigenvalue weighted by Gasteiger charge is 2.20. The topological polar surface area (TPSA) is 104 Å². The van der Waals surface area contributed by atoms with E-state index >= 15 is 0 Å². The molecule has 0 spiro atoms. The van der Waals surface area contributed by atoms with Crippen LogP contribution in [0.5, 0.6) is 0 Å². The predicted octanol–water partition coefficient (Wildman–Crippen LogP) is 1.47. The summed E-state index contributed by atoms with van der Waals surface area (Å²) in [5.74, 6) is -1.22. The SMILES string of the molecule is Cc1cc(C(=O)O)cc(C#N)c1[N+](=O)[O-]. The molecule has 15 heavy (non-hydrogen) atoms. The maximum atomic E-state index is 10.6. The minimum Gasteiger partial charge on any atom is -0.478 e. The maximum Gasteiger partial charge on any atom is 0.335 e. The van der Waals surface area contributed by atoms with Crippen LogP contribution in [-0.2, 0) is 0 Å². The van der Waals surface area contributed by atoms with Crippen LogP contribution >= 0.6 is 0 Å². The van der Waals surface area contributed by atoms with Crippen molar-refractivity contribution in [2.45, 2.75) is 6.92 Å². The van der Waals surface area contributed by atoms with E-state index in [1.54, 1.807) is 6.07 Å².